The van der Waals surface area contributed by atoms with Gasteiger partial charge in [-0.1, -0.05) is 12.1 Å². The van der Waals surface area contributed by atoms with Crippen molar-refractivity contribution in [1.82, 2.24) is 20.9 Å². The normalized spacial score (nSPS) is 10.9. The zero-order valence-electron chi connectivity index (χ0n) is 15.6. The topological polar surface area (TPSA) is 78.4 Å². The van der Waals surface area contributed by atoms with Gasteiger partial charge in [-0.2, -0.15) is 0 Å². The Kier molecular flexibility index (Phi) is 10.2. The van der Waals surface area contributed by atoms with Crippen LogP contribution < -0.4 is 16.0 Å². The Hall–Kier alpha value is -1.75. The molecule has 1 amide bonds. The number of carbonyl (C=O) groups is 1. The van der Waals surface area contributed by atoms with Crippen LogP contribution in [0.25, 0.3) is 0 Å². The predicted octanol–water partition coefficient (Wildman–Crippen LogP) is 3.00. The Bertz CT molecular complexity index is 781. The van der Waals surface area contributed by atoms with Gasteiger partial charge in [0.05, 0.1) is 17.7 Å². The average Bonchev–Trinajstić information content (AvgIpc) is 3.05. The summed E-state index contributed by atoms with van der Waals surface area (Å²) < 4.78 is 13.6. The molecule has 1 aromatic carbocycles. The van der Waals surface area contributed by atoms with Crippen molar-refractivity contribution >= 4 is 47.2 Å². The molecule has 0 aliphatic carbocycles. The maximum atomic E-state index is 13.6. The number of carbonyl (C=O) groups excluding carboxylic acids is 1. The number of aromatic nitrogens is 1. The number of amides is 1. The molecule has 0 atom stereocenters. The van der Waals surface area contributed by atoms with E-state index in [0.29, 0.717) is 42.6 Å². The lowest BCUT2D eigenvalue weighted by atomic mass is 10.1. The van der Waals surface area contributed by atoms with Crippen molar-refractivity contribution in [2.45, 2.75) is 27.3 Å². The quantitative estimate of drug-likeness (QED) is 0.234. The zero-order valence-corrected chi connectivity index (χ0v) is 18.8. The maximum absolute atomic E-state index is 13.6. The third-order valence-corrected chi connectivity index (χ3v) is 4.58. The highest BCUT2D eigenvalue weighted by atomic mass is 127. The summed E-state index contributed by atoms with van der Waals surface area (Å²) in [5.41, 5.74) is 3.82. The summed E-state index contributed by atoms with van der Waals surface area (Å²) in [6.07, 6.45) is 0. The molecule has 0 saturated carbocycles. The van der Waals surface area contributed by atoms with Gasteiger partial charge in [0.15, 0.2) is 5.96 Å². The van der Waals surface area contributed by atoms with E-state index in [0.717, 1.165) is 11.3 Å². The minimum Gasteiger partial charge on any atom is -0.357 e. The Labute approximate surface area is 180 Å². The first-order chi connectivity index (χ1) is 12.5. The first-order valence-electron chi connectivity index (χ1n) is 8.46. The van der Waals surface area contributed by atoms with E-state index < -0.39 is 0 Å². The van der Waals surface area contributed by atoms with Gasteiger partial charge in [-0.05, 0) is 38.0 Å². The first kappa shape index (κ1) is 23.3. The summed E-state index contributed by atoms with van der Waals surface area (Å²) in [4.78, 5) is 21.2. The monoisotopic (exact) mass is 505 g/mol. The van der Waals surface area contributed by atoms with Crippen LogP contribution in [-0.4, -0.2) is 36.5 Å². The van der Waals surface area contributed by atoms with E-state index in [9.17, 15) is 9.18 Å². The molecule has 0 unspecified atom stereocenters. The van der Waals surface area contributed by atoms with Crippen molar-refractivity contribution in [2.24, 2.45) is 4.99 Å². The van der Waals surface area contributed by atoms with Crippen LogP contribution in [0.5, 0.6) is 0 Å². The van der Waals surface area contributed by atoms with E-state index in [1.165, 1.54) is 17.4 Å². The lowest BCUT2D eigenvalue weighted by molar-refractivity contribution is 0.0957. The fourth-order valence-corrected chi connectivity index (χ4v) is 2.92. The minimum atomic E-state index is -0.225. The largest absolute Gasteiger partial charge is 0.357 e. The zero-order chi connectivity index (χ0) is 18.9. The molecule has 0 saturated heterocycles. The Morgan fingerprint density at radius 3 is 2.59 bits per heavy atom. The van der Waals surface area contributed by atoms with Crippen LogP contribution >= 0.6 is 35.3 Å². The second-order valence-corrected chi connectivity index (χ2v) is 6.58. The number of benzene rings is 1. The summed E-state index contributed by atoms with van der Waals surface area (Å²) in [6, 6.07) is 5.11. The summed E-state index contributed by atoms with van der Waals surface area (Å²) in [6.45, 7) is 7.58. The first-order valence-corrected chi connectivity index (χ1v) is 9.34. The van der Waals surface area contributed by atoms with Crippen molar-refractivity contribution in [3.05, 3.63) is 51.2 Å². The molecule has 2 aromatic rings. The number of guanidine groups is 1. The van der Waals surface area contributed by atoms with Gasteiger partial charge in [-0.15, -0.1) is 35.3 Å². The SMILES string of the molecule is CCNC(=NCc1ccc(C)c(F)c1)NCCNC(=O)c1scnc1C.I. The van der Waals surface area contributed by atoms with Gasteiger partial charge in [0.25, 0.3) is 5.91 Å². The third-order valence-electron chi connectivity index (χ3n) is 3.65. The molecule has 6 nitrogen and oxygen atoms in total. The second-order valence-electron chi connectivity index (χ2n) is 5.73. The molecule has 2 rings (SSSR count). The highest BCUT2D eigenvalue weighted by Gasteiger charge is 2.10. The summed E-state index contributed by atoms with van der Waals surface area (Å²) in [7, 11) is 0. The molecule has 0 bridgehead atoms. The van der Waals surface area contributed by atoms with Crippen LogP contribution in [0.2, 0.25) is 0 Å². The Morgan fingerprint density at radius 1 is 1.22 bits per heavy atom. The lowest BCUT2D eigenvalue weighted by Gasteiger charge is -2.12. The van der Waals surface area contributed by atoms with Crippen LogP contribution in [0.1, 0.15) is 33.4 Å². The van der Waals surface area contributed by atoms with Crippen LogP contribution in [0.4, 0.5) is 4.39 Å². The van der Waals surface area contributed by atoms with Crippen LogP contribution in [0.3, 0.4) is 0 Å². The number of hydrogen-bond donors (Lipinski definition) is 3. The average molecular weight is 505 g/mol. The smallest absolute Gasteiger partial charge is 0.263 e. The standard InChI is InChI=1S/C18H24FN5OS.HI/c1-4-20-18(23-10-14-6-5-12(2)15(19)9-14)22-8-7-21-17(25)16-13(3)24-11-26-16;/h5-6,9,11H,4,7-8,10H2,1-3H3,(H,21,25)(H2,20,22,23);1H. The number of nitrogens with one attached hydrogen (secondary N) is 3. The highest BCUT2D eigenvalue weighted by molar-refractivity contribution is 14.0. The maximum Gasteiger partial charge on any atom is 0.263 e. The molecule has 1 heterocycles. The minimum absolute atomic E-state index is 0. The van der Waals surface area contributed by atoms with E-state index >= 15 is 0 Å². The van der Waals surface area contributed by atoms with Crippen LogP contribution in [0.15, 0.2) is 28.7 Å². The molecule has 27 heavy (non-hydrogen) atoms. The number of aliphatic imine (C=N–C) groups is 1. The van der Waals surface area contributed by atoms with Gasteiger partial charge < -0.3 is 16.0 Å². The molecular weight excluding hydrogens is 480 g/mol. The van der Waals surface area contributed by atoms with E-state index in [2.05, 4.69) is 25.9 Å². The predicted molar refractivity (Wildman–Crippen MR) is 119 cm³/mol. The molecular formula is C18H25FIN5OS. The Balaban J connectivity index is 0.00000364. The number of thiazole rings is 1. The van der Waals surface area contributed by atoms with Crippen LogP contribution in [-0.2, 0) is 6.54 Å². The molecule has 0 spiro atoms. The molecule has 1 aromatic heterocycles. The molecule has 3 N–H and O–H groups in total. The summed E-state index contributed by atoms with van der Waals surface area (Å²) in [5, 5.41) is 9.13. The van der Waals surface area contributed by atoms with E-state index in [1.54, 1.807) is 18.5 Å². The van der Waals surface area contributed by atoms with Crippen molar-refractivity contribution in [3.63, 3.8) is 0 Å². The van der Waals surface area contributed by atoms with Crippen molar-refractivity contribution in [3.8, 4) is 0 Å². The highest BCUT2D eigenvalue weighted by Crippen LogP contribution is 2.11. The fraction of sp³-hybridized carbons (Fsp3) is 0.389. The van der Waals surface area contributed by atoms with Crippen molar-refractivity contribution in [2.75, 3.05) is 19.6 Å². The molecule has 0 aliphatic rings. The van der Waals surface area contributed by atoms with E-state index in [4.69, 9.17) is 0 Å². The van der Waals surface area contributed by atoms with Crippen LogP contribution in [0, 0.1) is 19.7 Å². The molecule has 0 radical (unpaired) electrons. The Morgan fingerprint density at radius 2 is 1.96 bits per heavy atom. The number of rotatable bonds is 7. The second kappa shape index (κ2) is 11.9. The van der Waals surface area contributed by atoms with E-state index in [1.807, 2.05) is 19.9 Å². The van der Waals surface area contributed by atoms with Gasteiger partial charge in [0.1, 0.15) is 10.7 Å². The van der Waals surface area contributed by atoms with Gasteiger partial charge >= 0.3 is 0 Å². The molecule has 148 valence electrons. The number of aryl methyl sites for hydroxylation is 2. The van der Waals surface area contributed by atoms with E-state index in [-0.39, 0.29) is 35.7 Å². The number of halogens is 2. The third kappa shape index (κ3) is 7.41. The summed E-state index contributed by atoms with van der Waals surface area (Å²) >= 11 is 1.33. The number of nitrogens with zero attached hydrogens (tertiary/aromatic N) is 2. The van der Waals surface area contributed by atoms with Gasteiger partial charge in [-0.3, -0.25) is 4.79 Å². The fourth-order valence-electron chi connectivity index (χ4n) is 2.20. The van der Waals surface area contributed by atoms with Gasteiger partial charge in [0.2, 0.25) is 0 Å². The van der Waals surface area contributed by atoms with Gasteiger partial charge in [0, 0.05) is 19.6 Å². The summed E-state index contributed by atoms with van der Waals surface area (Å²) in [5.74, 6) is 0.275. The molecule has 0 aliphatic heterocycles. The van der Waals surface area contributed by atoms with Crippen molar-refractivity contribution in [1.29, 1.82) is 0 Å². The van der Waals surface area contributed by atoms with Gasteiger partial charge in [-0.25, -0.2) is 14.4 Å². The number of hydrogen-bond acceptors (Lipinski definition) is 4. The molecule has 0 fully saturated rings. The molecule has 9 heteroatoms. The lowest BCUT2D eigenvalue weighted by Crippen LogP contribution is -2.41. The van der Waals surface area contributed by atoms with Crippen molar-refractivity contribution < 1.29 is 9.18 Å².